The third kappa shape index (κ3) is 4.91. The Morgan fingerprint density at radius 3 is 1.24 bits per heavy atom. The molecular weight excluding hydrogens is 721 g/mol. The van der Waals surface area contributed by atoms with Gasteiger partial charge in [0.1, 0.15) is 12.1 Å². The third-order valence-electron chi connectivity index (χ3n) is 11.5. The largest absolute Gasteiger partial charge is 0.309 e. The van der Waals surface area contributed by atoms with Gasteiger partial charge in [-0.05, 0) is 64.9 Å². The van der Waals surface area contributed by atoms with Gasteiger partial charge < -0.3 is 9.13 Å². The van der Waals surface area contributed by atoms with Gasteiger partial charge in [-0.2, -0.15) is 10.5 Å². The second-order valence-corrected chi connectivity index (χ2v) is 14.8. The molecule has 0 aliphatic heterocycles. The maximum atomic E-state index is 10.0. The molecule has 274 valence electrons. The quantitative estimate of drug-likeness (QED) is 0.130. The van der Waals surface area contributed by atoms with Crippen LogP contribution in [0.15, 0.2) is 170 Å². The Bertz CT molecular complexity index is 3600. The summed E-state index contributed by atoms with van der Waals surface area (Å²) in [5.74, 6) is 0. The lowest BCUT2D eigenvalue weighted by atomic mass is 9.97. The highest BCUT2D eigenvalue weighted by atomic mass is 15.0. The minimum Gasteiger partial charge on any atom is -0.309 e. The first-order valence-electron chi connectivity index (χ1n) is 19.5. The molecule has 6 heteroatoms. The molecule has 6 nitrogen and oxygen atoms in total. The first-order valence-corrected chi connectivity index (χ1v) is 19.5. The molecule has 0 atom stereocenters. The Kier molecular flexibility index (Phi) is 7.56. The maximum absolute atomic E-state index is 10.0. The van der Waals surface area contributed by atoms with Crippen molar-refractivity contribution in [1.29, 1.82) is 10.5 Å². The van der Waals surface area contributed by atoms with E-state index in [1.807, 2.05) is 6.92 Å². The summed E-state index contributed by atoms with van der Waals surface area (Å²) in [6.45, 7) is 5.25. The third-order valence-corrected chi connectivity index (χ3v) is 11.5. The van der Waals surface area contributed by atoms with Gasteiger partial charge in [-0.15, -0.1) is 6.58 Å². The number of nitrogens with zero attached hydrogens (tertiary/aromatic N) is 6. The van der Waals surface area contributed by atoms with Crippen molar-refractivity contribution < 1.29 is 0 Å². The average Bonchev–Trinajstić information content (AvgIpc) is 3.82. The van der Waals surface area contributed by atoms with Crippen LogP contribution in [0, 0.1) is 22.7 Å². The van der Waals surface area contributed by atoms with Crippen LogP contribution in [-0.2, 0) is 0 Å². The molecule has 3 aromatic heterocycles. The molecule has 12 rings (SSSR count). The van der Waals surface area contributed by atoms with Crippen molar-refractivity contribution in [3.63, 3.8) is 0 Å². The molecule has 0 amide bonds. The Labute approximate surface area is 338 Å². The number of para-hydroxylation sites is 2. The van der Waals surface area contributed by atoms with E-state index in [9.17, 15) is 10.5 Å². The maximum Gasteiger partial charge on any atom is 0.177 e. The molecule has 0 radical (unpaired) electrons. The van der Waals surface area contributed by atoms with Crippen molar-refractivity contribution in [2.24, 2.45) is 0 Å². The zero-order valence-corrected chi connectivity index (χ0v) is 32.0. The lowest BCUT2D eigenvalue weighted by Crippen LogP contribution is -2.00. The molecule has 0 saturated heterocycles. The molecule has 0 unspecified atom stereocenters. The predicted molar refractivity (Wildman–Crippen MR) is 244 cm³/mol. The predicted octanol–water partition coefficient (Wildman–Crippen LogP) is 13.4. The molecule has 0 spiro atoms. The van der Waals surface area contributed by atoms with Crippen LogP contribution in [0.1, 0.15) is 18.3 Å². The van der Waals surface area contributed by atoms with Crippen LogP contribution in [0.3, 0.4) is 0 Å². The van der Waals surface area contributed by atoms with Gasteiger partial charge in [0.15, 0.2) is 11.4 Å². The van der Waals surface area contributed by atoms with Crippen molar-refractivity contribution >= 4 is 97.7 Å². The van der Waals surface area contributed by atoms with Crippen molar-refractivity contribution in [2.45, 2.75) is 6.92 Å². The Hall–Kier alpha value is -8.32. The monoisotopic (exact) mass is 752 g/mol. The summed E-state index contributed by atoms with van der Waals surface area (Å²) in [6.07, 6.45) is 1.75. The fourth-order valence-electron chi connectivity index (χ4n) is 9.16. The summed E-state index contributed by atoms with van der Waals surface area (Å²) in [6, 6.07) is 60.3. The lowest BCUT2D eigenvalue weighted by molar-refractivity contribution is 1.19. The average molecular weight is 753 g/mol. The number of hydrogen-bond acceptors (Lipinski definition) is 4. The Morgan fingerprint density at radius 1 is 0.441 bits per heavy atom. The molecule has 59 heavy (non-hydrogen) atoms. The lowest BCUT2D eigenvalue weighted by Gasteiger charge is -2.16. The number of nitriles is 2. The number of aromatic nitrogens is 4. The fraction of sp³-hybridized carbons (Fsp3) is 0.0189. The van der Waals surface area contributed by atoms with E-state index in [-0.39, 0.29) is 11.4 Å². The number of fused-ring (bicyclic) bond motifs is 16. The fourth-order valence-corrected chi connectivity index (χ4v) is 9.16. The van der Waals surface area contributed by atoms with E-state index in [2.05, 4.69) is 186 Å². The Morgan fingerprint density at radius 2 is 0.814 bits per heavy atom. The molecular formula is C53H32N6. The van der Waals surface area contributed by atoms with Crippen LogP contribution >= 0.6 is 0 Å². The van der Waals surface area contributed by atoms with E-state index < -0.39 is 0 Å². The molecule has 9 aromatic carbocycles. The smallest absolute Gasteiger partial charge is 0.177 e. The van der Waals surface area contributed by atoms with Crippen LogP contribution in [0.4, 0.5) is 0 Å². The van der Waals surface area contributed by atoms with E-state index in [4.69, 9.17) is 9.97 Å². The summed E-state index contributed by atoms with van der Waals surface area (Å²) in [5, 5.41) is 33.2. The van der Waals surface area contributed by atoms with E-state index in [0.29, 0.717) is 11.0 Å². The van der Waals surface area contributed by atoms with Gasteiger partial charge >= 0.3 is 0 Å². The topological polar surface area (TPSA) is 83.2 Å². The van der Waals surface area contributed by atoms with Crippen molar-refractivity contribution in [1.82, 2.24) is 19.1 Å². The molecule has 0 bridgehead atoms. The SMILES string of the molecule is C=CC.N#Cc1nc2c3ccc(-n4c5ccccc5c5ccc6ccccc6c54)cc3c3cc(-n4c5ccccc5c5ccc6ccccc6c54)ccc3c2nc1C#N. The van der Waals surface area contributed by atoms with Gasteiger partial charge in [0.25, 0.3) is 0 Å². The zero-order valence-electron chi connectivity index (χ0n) is 32.0. The summed E-state index contributed by atoms with van der Waals surface area (Å²) < 4.78 is 4.74. The van der Waals surface area contributed by atoms with Crippen LogP contribution in [0.5, 0.6) is 0 Å². The molecule has 0 aliphatic carbocycles. The van der Waals surface area contributed by atoms with E-state index in [1.54, 1.807) is 6.08 Å². The second-order valence-electron chi connectivity index (χ2n) is 14.8. The molecule has 0 saturated carbocycles. The van der Waals surface area contributed by atoms with Gasteiger partial charge in [-0.1, -0.05) is 127 Å². The highest BCUT2D eigenvalue weighted by molar-refractivity contribution is 6.25. The second kappa shape index (κ2) is 13.1. The normalized spacial score (nSPS) is 11.5. The van der Waals surface area contributed by atoms with Crippen LogP contribution in [-0.4, -0.2) is 19.1 Å². The first kappa shape index (κ1) is 34.0. The Balaban J connectivity index is 0.00000129. The van der Waals surface area contributed by atoms with Gasteiger partial charge in [0.2, 0.25) is 0 Å². The molecule has 0 fully saturated rings. The highest BCUT2D eigenvalue weighted by Crippen LogP contribution is 2.42. The van der Waals surface area contributed by atoms with Crippen molar-refractivity contribution in [3.8, 4) is 23.5 Å². The van der Waals surface area contributed by atoms with E-state index in [1.165, 1.54) is 43.1 Å². The summed E-state index contributed by atoms with van der Waals surface area (Å²) in [4.78, 5) is 9.61. The van der Waals surface area contributed by atoms with Crippen LogP contribution in [0.2, 0.25) is 0 Å². The van der Waals surface area contributed by atoms with Crippen LogP contribution in [0.25, 0.3) is 109 Å². The molecule has 3 heterocycles. The zero-order chi connectivity index (χ0) is 39.8. The minimum atomic E-state index is 0.0207. The summed E-state index contributed by atoms with van der Waals surface area (Å²) in [5.41, 5.74) is 7.79. The van der Waals surface area contributed by atoms with Crippen molar-refractivity contribution in [3.05, 3.63) is 182 Å². The summed E-state index contributed by atoms with van der Waals surface area (Å²) >= 11 is 0. The number of hydrogen-bond donors (Lipinski definition) is 0. The molecule has 0 N–H and O–H groups in total. The number of allylic oxidation sites excluding steroid dienone is 1. The van der Waals surface area contributed by atoms with Crippen LogP contribution < -0.4 is 0 Å². The minimum absolute atomic E-state index is 0.0207. The number of rotatable bonds is 2. The van der Waals surface area contributed by atoms with Crippen molar-refractivity contribution in [2.75, 3.05) is 0 Å². The standard InChI is InChI=1S/C50H26N6.C3H6/c51-27-43-44(28-52)54-48-38-24-20-32(56-46-16-8-6-14-36(46)40-22-18-30-10-2-4-12-34(30)50(40)56)26-42(38)41-25-31(19-23-37(41)47(48)53-43)55-45-15-7-5-13-35(45)39-21-17-29-9-1-3-11-33(29)49(39)55;1-3-2/h1-26H;3H,1H2,2H3. The first-order chi connectivity index (χ1) is 29.1. The van der Waals surface area contributed by atoms with E-state index >= 15 is 0 Å². The van der Waals surface area contributed by atoms with Gasteiger partial charge in [0, 0.05) is 54.5 Å². The van der Waals surface area contributed by atoms with Gasteiger partial charge in [0.05, 0.1) is 33.1 Å². The molecule has 0 aliphatic rings. The number of benzene rings is 9. The highest BCUT2D eigenvalue weighted by Gasteiger charge is 2.21. The summed E-state index contributed by atoms with van der Waals surface area (Å²) in [7, 11) is 0. The van der Waals surface area contributed by atoms with Gasteiger partial charge in [-0.25, -0.2) is 9.97 Å². The molecule has 12 aromatic rings. The van der Waals surface area contributed by atoms with Gasteiger partial charge in [-0.3, -0.25) is 0 Å². The van der Waals surface area contributed by atoms with E-state index in [0.717, 1.165) is 55.0 Å².